The van der Waals surface area contributed by atoms with Crippen molar-refractivity contribution in [3.8, 4) is 5.75 Å². The van der Waals surface area contributed by atoms with Gasteiger partial charge in [0.05, 0.1) is 46.8 Å². The zero-order valence-electron chi connectivity index (χ0n) is 17.8. The van der Waals surface area contributed by atoms with Crippen LogP contribution in [0.15, 0.2) is 42.5 Å². The van der Waals surface area contributed by atoms with Gasteiger partial charge in [0.1, 0.15) is 17.1 Å². The standard InChI is InChI=1S/C21H12F4N4O7/c1-36-17-3-2-9(20(30)26-18-13(22)5-10(28(32)33)6-14(18)23)4-12(17)21(31)27-19-15(24)7-11(29(34)35)8-16(19)25/h2-8H,1H3,(H,26,30)(H,27,31). The van der Waals surface area contributed by atoms with E-state index in [1.807, 2.05) is 10.6 Å². The number of amides is 2. The number of nitro benzene ring substituents is 2. The van der Waals surface area contributed by atoms with Gasteiger partial charge in [0.15, 0.2) is 23.3 Å². The summed E-state index contributed by atoms with van der Waals surface area (Å²) in [6, 6.07) is 4.62. The van der Waals surface area contributed by atoms with Crippen molar-refractivity contribution in [3.63, 3.8) is 0 Å². The Morgan fingerprint density at radius 2 is 1.17 bits per heavy atom. The van der Waals surface area contributed by atoms with E-state index in [4.69, 9.17) is 4.74 Å². The first-order valence-corrected chi connectivity index (χ1v) is 9.50. The summed E-state index contributed by atoms with van der Waals surface area (Å²) in [7, 11) is 1.14. The molecule has 0 radical (unpaired) electrons. The second-order valence-electron chi connectivity index (χ2n) is 6.91. The van der Waals surface area contributed by atoms with Crippen LogP contribution >= 0.6 is 0 Å². The molecule has 0 aliphatic heterocycles. The summed E-state index contributed by atoms with van der Waals surface area (Å²) < 4.78 is 61.5. The van der Waals surface area contributed by atoms with Crippen molar-refractivity contribution < 1.29 is 41.7 Å². The summed E-state index contributed by atoms with van der Waals surface area (Å²) in [5.74, 6) is -8.29. The number of non-ortho nitro benzene ring substituents is 2. The molecular weight excluding hydrogens is 496 g/mol. The van der Waals surface area contributed by atoms with Crippen molar-refractivity contribution in [2.24, 2.45) is 0 Å². The first-order valence-electron chi connectivity index (χ1n) is 9.50. The minimum absolute atomic E-state index is 0.167. The molecule has 0 heterocycles. The van der Waals surface area contributed by atoms with Crippen LogP contribution in [0, 0.1) is 43.5 Å². The average molecular weight is 508 g/mol. The number of nitro groups is 2. The van der Waals surface area contributed by atoms with Gasteiger partial charge in [0, 0.05) is 5.56 Å². The molecule has 0 bridgehead atoms. The Morgan fingerprint density at radius 3 is 1.56 bits per heavy atom. The van der Waals surface area contributed by atoms with Crippen LogP contribution in [0.2, 0.25) is 0 Å². The number of carbonyl (C=O) groups is 2. The lowest BCUT2D eigenvalue weighted by atomic mass is 10.1. The first-order chi connectivity index (χ1) is 16.9. The van der Waals surface area contributed by atoms with Gasteiger partial charge in [0.25, 0.3) is 23.2 Å². The topological polar surface area (TPSA) is 154 Å². The SMILES string of the molecule is COc1ccc(C(=O)Nc2c(F)cc([N+](=O)[O-])cc2F)cc1C(=O)Nc1c(F)cc([N+](=O)[O-])cc1F. The van der Waals surface area contributed by atoms with Gasteiger partial charge in [-0.15, -0.1) is 0 Å². The molecule has 3 aromatic rings. The average Bonchev–Trinajstić information content (AvgIpc) is 2.82. The molecule has 15 heteroatoms. The van der Waals surface area contributed by atoms with Crippen LogP contribution < -0.4 is 15.4 Å². The van der Waals surface area contributed by atoms with E-state index in [-0.39, 0.29) is 11.3 Å². The maximum atomic E-state index is 14.2. The predicted octanol–water partition coefficient (Wildman–Crippen LogP) is 4.57. The van der Waals surface area contributed by atoms with E-state index in [2.05, 4.69) is 0 Å². The molecule has 186 valence electrons. The number of halogens is 4. The number of hydrogen-bond acceptors (Lipinski definition) is 7. The fourth-order valence-electron chi connectivity index (χ4n) is 2.96. The number of ether oxygens (including phenoxy) is 1. The first kappa shape index (κ1) is 25.5. The summed E-state index contributed by atoms with van der Waals surface area (Å²) in [4.78, 5) is 44.6. The Hall–Kier alpha value is -5.08. The Bertz CT molecular complexity index is 1390. The third kappa shape index (κ3) is 5.19. The van der Waals surface area contributed by atoms with E-state index >= 15 is 0 Å². The van der Waals surface area contributed by atoms with Crippen LogP contribution in [-0.2, 0) is 0 Å². The molecule has 0 saturated heterocycles. The Labute approximate surface area is 197 Å². The maximum Gasteiger partial charge on any atom is 0.275 e. The van der Waals surface area contributed by atoms with Crippen molar-refractivity contribution in [2.75, 3.05) is 17.7 Å². The molecular formula is C21H12F4N4O7. The molecule has 2 amide bonds. The molecule has 0 fully saturated rings. The van der Waals surface area contributed by atoms with Gasteiger partial charge < -0.3 is 15.4 Å². The summed E-state index contributed by atoms with van der Waals surface area (Å²) >= 11 is 0. The highest BCUT2D eigenvalue weighted by Gasteiger charge is 2.23. The quantitative estimate of drug-likeness (QED) is 0.269. The van der Waals surface area contributed by atoms with Gasteiger partial charge in [-0.3, -0.25) is 29.8 Å². The zero-order valence-corrected chi connectivity index (χ0v) is 17.8. The molecule has 0 atom stereocenters. The normalized spacial score (nSPS) is 10.5. The third-order valence-electron chi connectivity index (χ3n) is 4.66. The molecule has 2 N–H and O–H groups in total. The molecule has 0 unspecified atom stereocenters. The molecule has 3 rings (SSSR count). The lowest BCUT2D eigenvalue weighted by Crippen LogP contribution is -2.18. The molecule has 0 aliphatic rings. The lowest BCUT2D eigenvalue weighted by Gasteiger charge is -2.13. The van der Waals surface area contributed by atoms with Crippen LogP contribution in [0.25, 0.3) is 0 Å². The molecule has 0 spiro atoms. The number of anilines is 2. The highest BCUT2D eigenvalue weighted by molar-refractivity contribution is 6.10. The van der Waals surface area contributed by atoms with E-state index < -0.39 is 73.2 Å². The minimum atomic E-state index is -1.45. The Kier molecular flexibility index (Phi) is 7.12. The van der Waals surface area contributed by atoms with Crippen LogP contribution in [0.4, 0.5) is 40.3 Å². The van der Waals surface area contributed by atoms with Crippen LogP contribution in [0.1, 0.15) is 20.7 Å². The fourth-order valence-corrected chi connectivity index (χ4v) is 2.96. The molecule has 3 aromatic carbocycles. The second kappa shape index (κ2) is 10.0. The van der Waals surface area contributed by atoms with Gasteiger partial charge in [-0.25, -0.2) is 17.6 Å². The predicted molar refractivity (Wildman–Crippen MR) is 115 cm³/mol. The highest BCUT2D eigenvalue weighted by atomic mass is 19.1. The Balaban J connectivity index is 1.92. The lowest BCUT2D eigenvalue weighted by molar-refractivity contribution is -0.385. The zero-order chi connectivity index (χ0) is 26.7. The molecule has 0 saturated carbocycles. The van der Waals surface area contributed by atoms with Gasteiger partial charge in [0.2, 0.25) is 0 Å². The summed E-state index contributed by atoms with van der Waals surface area (Å²) in [5.41, 5.74) is -4.60. The summed E-state index contributed by atoms with van der Waals surface area (Å²) in [5, 5.41) is 25.2. The number of hydrogen-bond donors (Lipinski definition) is 2. The molecule has 36 heavy (non-hydrogen) atoms. The van der Waals surface area contributed by atoms with E-state index in [0.29, 0.717) is 24.3 Å². The van der Waals surface area contributed by atoms with Gasteiger partial charge in [-0.05, 0) is 18.2 Å². The fraction of sp³-hybridized carbons (Fsp3) is 0.0476. The smallest absolute Gasteiger partial charge is 0.275 e. The van der Waals surface area contributed by atoms with E-state index in [1.54, 1.807) is 0 Å². The third-order valence-corrected chi connectivity index (χ3v) is 4.66. The molecule has 11 nitrogen and oxygen atoms in total. The summed E-state index contributed by atoms with van der Waals surface area (Å²) in [6.07, 6.45) is 0. The Morgan fingerprint density at radius 1 is 0.750 bits per heavy atom. The van der Waals surface area contributed by atoms with Gasteiger partial charge >= 0.3 is 0 Å². The minimum Gasteiger partial charge on any atom is -0.496 e. The second-order valence-corrected chi connectivity index (χ2v) is 6.91. The number of nitrogens with one attached hydrogen (secondary N) is 2. The van der Waals surface area contributed by atoms with Crippen molar-refractivity contribution in [1.29, 1.82) is 0 Å². The number of nitrogens with zero attached hydrogens (tertiary/aromatic N) is 2. The van der Waals surface area contributed by atoms with Crippen molar-refractivity contribution in [3.05, 3.63) is 97.1 Å². The monoisotopic (exact) mass is 508 g/mol. The van der Waals surface area contributed by atoms with E-state index in [9.17, 15) is 47.4 Å². The summed E-state index contributed by atoms with van der Waals surface area (Å²) in [6.45, 7) is 0. The highest BCUT2D eigenvalue weighted by Crippen LogP contribution is 2.29. The van der Waals surface area contributed by atoms with E-state index in [1.165, 1.54) is 0 Å². The van der Waals surface area contributed by atoms with Gasteiger partial charge in [-0.2, -0.15) is 0 Å². The maximum absolute atomic E-state index is 14.2. The van der Waals surface area contributed by atoms with Gasteiger partial charge in [-0.1, -0.05) is 0 Å². The number of benzene rings is 3. The van der Waals surface area contributed by atoms with Crippen molar-refractivity contribution in [1.82, 2.24) is 0 Å². The van der Waals surface area contributed by atoms with Crippen LogP contribution in [0.5, 0.6) is 5.75 Å². The molecule has 0 aliphatic carbocycles. The van der Waals surface area contributed by atoms with Crippen LogP contribution in [0.3, 0.4) is 0 Å². The number of rotatable bonds is 7. The van der Waals surface area contributed by atoms with Crippen molar-refractivity contribution in [2.45, 2.75) is 0 Å². The largest absolute Gasteiger partial charge is 0.496 e. The van der Waals surface area contributed by atoms with Crippen molar-refractivity contribution >= 4 is 34.6 Å². The number of carbonyl (C=O) groups excluding carboxylic acids is 2. The molecule has 0 aromatic heterocycles. The van der Waals surface area contributed by atoms with E-state index in [0.717, 1.165) is 25.3 Å². The number of methoxy groups -OCH3 is 1. The van der Waals surface area contributed by atoms with Crippen LogP contribution in [-0.4, -0.2) is 28.8 Å².